The molecule has 3 rings (SSSR count). The van der Waals surface area contributed by atoms with E-state index in [-0.39, 0.29) is 0 Å². The summed E-state index contributed by atoms with van der Waals surface area (Å²) in [7, 11) is 0. The van der Waals surface area contributed by atoms with E-state index in [4.69, 9.17) is 0 Å². The van der Waals surface area contributed by atoms with Gasteiger partial charge in [-0.2, -0.15) is 0 Å². The van der Waals surface area contributed by atoms with Crippen LogP contribution in [0.5, 0.6) is 0 Å². The van der Waals surface area contributed by atoms with Gasteiger partial charge in [-0.05, 0) is 38.2 Å². The highest BCUT2D eigenvalue weighted by Crippen LogP contribution is 2.31. The van der Waals surface area contributed by atoms with E-state index in [2.05, 4.69) is 58.3 Å². The van der Waals surface area contributed by atoms with Crippen LogP contribution >= 0.6 is 0 Å². The molecule has 1 saturated carbocycles. The predicted octanol–water partition coefficient (Wildman–Crippen LogP) is 4.43. The molecule has 0 aliphatic heterocycles. The number of nitrogens with one attached hydrogen (secondary N) is 1. The second kappa shape index (κ2) is 6.79. The lowest BCUT2D eigenvalue weighted by Gasteiger charge is -2.19. The highest BCUT2D eigenvalue weighted by atomic mass is 15.2. The molecule has 3 heteroatoms. The molecule has 2 aromatic rings. The molecule has 0 spiro atoms. The van der Waals surface area contributed by atoms with Crippen LogP contribution in [0.1, 0.15) is 50.6 Å². The standard InChI is InChI=1S/C18H25N3/c1-15(11-12-16-7-3-2-4-8-16)20-18-19-13-14-21(18)17-9-5-6-10-17/h2-4,7-8,13-15,17H,5-6,9-12H2,1H3,(H,19,20). The van der Waals surface area contributed by atoms with Crippen molar-refractivity contribution in [1.82, 2.24) is 9.55 Å². The zero-order valence-electron chi connectivity index (χ0n) is 12.8. The van der Waals surface area contributed by atoms with Gasteiger partial charge in [0.25, 0.3) is 0 Å². The summed E-state index contributed by atoms with van der Waals surface area (Å²) < 4.78 is 2.34. The monoisotopic (exact) mass is 283 g/mol. The third-order valence-electron chi connectivity index (χ3n) is 4.47. The summed E-state index contributed by atoms with van der Waals surface area (Å²) in [5.41, 5.74) is 1.41. The largest absolute Gasteiger partial charge is 0.353 e. The van der Waals surface area contributed by atoms with Gasteiger partial charge >= 0.3 is 0 Å². The maximum absolute atomic E-state index is 4.51. The number of nitrogens with zero attached hydrogens (tertiary/aromatic N) is 2. The van der Waals surface area contributed by atoms with Crippen molar-refractivity contribution in [2.24, 2.45) is 0 Å². The smallest absolute Gasteiger partial charge is 0.203 e. The van der Waals surface area contributed by atoms with E-state index in [1.54, 1.807) is 0 Å². The Morgan fingerprint density at radius 3 is 2.76 bits per heavy atom. The quantitative estimate of drug-likeness (QED) is 0.850. The fraction of sp³-hybridized carbons (Fsp3) is 0.500. The zero-order valence-corrected chi connectivity index (χ0v) is 12.8. The molecule has 112 valence electrons. The molecule has 3 nitrogen and oxygen atoms in total. The molecule has 0 radical (unpaired) electrons. The van der Waals surface area contributed by atoms with Gasteiger partial charge in [0, 0.05) is 24.5 Å². The van der Waals surface area contributed by atoms with Gasteiger partial charge in [0.2, 0.25) is 5.95 Å². The SMILES string of the molecule is CC(CCc1ccccc1)Nc1nccn1C1CCCC1. The molecule has 0 amide bonds. The summed E-state index contributed by atoms with van der Waals surface area (Å²) in [5, 5.41) is 3.59. The Bertz CT molecular complexity index is 541. The van der Waals surface area contributed by atoms with Gasteiger partial charge in [-0.15, -0.1) is 0 Å². The first kappa shape index (κ1) is 14.2. The van der Waals surface area contributed by atoms with Crippen LogP contribution in [0.25, 0.3) is 0 Å². The lowest BCUT2D eigenvalue weighted by molar-refractivity contribution is 0.519. The van der Waals surface area contributed by atoms with E-state index in [0.29, 0.717) is 12.1 Å². The molecule has 0 saturated heterocycles. The number of anilines is 1. The first-order valence-electron chi connectivity index (χ1n) is 8.16. The van der Waals surface area contributed by atoms with E-state index in [1.807, 2.05) is 6.20 Å². The highest BCUT2D eigenvalue weighted by Gasteiger charge is 2.19. The van der Waals surface area contributed by atoms with Crippen molar-refractivity contribution in [1.29, 1.82) is 0 Å². The number of aryl methyl sites for hydroxylation is 1. The third-order valence-corrected chi connectivity index (χ3v) is 4.47. The van der Waals surface area contributed by atoms with Gasteiger partial charge in [-0.25, -0.2) is 4.98 Å². The summed E-state index contributed by atoms with van der Waals surface area (Å²) in [6, 6.07) is 11.8. The highest BCUT2D eigenvalue weighted by molar-refractivity contribution is 5.28. The average molecular weight is 283 g/mol. The lowest BCUT2D eigenvalue weighted by atomic mass is 10.1. The Morgan fingerprint density at radius 2 is 2.00 bits per heavy atom. The number of hydrogen-bond donors (Lipinski definition) is 1. The molecule has 1 unspecified atom stereocenters. The molecule has 1 heterocycles. The van der Waals surface area contributed by atoms with Crippen LogP contribution < -0.4 is 5.32 Å². The first-order valence-corrected chi connectivity index (χ1v) is 8.16. The Hall–Kier alpha value is -1.77. The molecule has 1 aliphatic rings. The first-order chi connectivity index (χ1) is 10.3. The maximum Gasteiger partial charge on any atom is 0.203 e. The van der Waals surface area contributed by atoms with Crippen molar-refractivity contribution in [2.45, 2.75) is 57.5 Å². The van der Waals surface area contributed by atoms with Gasteiger partial charge in [-0.1, -0.05) is 43.2 Å². The molecule has 21 heavy (non-hydrogen) atoms. The van der Waals surface area contributed by atoms with Crippen LogP contribution in [0.3, 0.4) is 0 Å². The van der Waals surface area contributed by atoms with Gasteiger partial charge in [-0.3, -0.25) is 0 Å². The van der Waals surface area contributed by atoms with Crippen molar-refractivity contribution < 1.29 is 0 Å². The van der Waals surface area contributed by atoms with Crippen LogP contribution in [-0.2, 0) is 6.42 Å². The van der Waals surface area contributed by atoms with E-state index < -0.39 is 0 Å². The summed E-state index contributed by atoms with van der Waals surface area (Å²) in [6.07, 6.45) is 11.6. The molecular weight excluding hydrogens is 258 g/mol. The third kappa shape index (κ3) is 3.66. The van der Waals surface area contributed by atoms with E-state index >= 15 is 0 Å². The van der Waals surface area contributed by atoms with Crippen LogP contribution in [0.2, 0.25) is 0 Å². The van der Waals surface area contributed by atoms with Crippen LogP contribution in [0, 0.1) is 0 Å². The molecule has 1 atom stereocenters. The second-order valence-corrected chi connectivity index (χ2v) is 6.17. The summed E-state index contributed by atoms with van der Waals surface area (Å²) in [5.74, 6) is 1.04. The van der Waals surface area contributed by atoms with E-state index in [9.17, 15) is 0 Å². The van der Waals surface area contributed by atoms with Gasteiger partial charge in [0.15, 0.2) is 0 Å². The number of benzene rings is 1. The van der Waals surface area contributed by atoms with Gasteiger partial charge in [0.1, 0.15) is 0 Å². The number of aromatic nitrogens is 2. The van der Waals surface area contributed by atoms with Crippen LogP contribution in [-0.4, -0.2) is 15.6 Å². The normalized spacial score (nSPS) is 17.0. The molecular formula is C18H25N3. The molecule has 1 aliphatic carbocycles. The second-order valence-electron chi connectivity index (χ2n) is 6.17. The van der Waals surface area contributed by atoms with Gasteiger partial charge in [0.05, 0.1) is 0 Å². The topological polar surface area (TPSA) is 29.9 Å². The zero-order chi connectivity index (χ0) is 14.5. The van der Waals surface area contributed by atoms with E-state index in [1.165, 1.54) is 31.2 Å². The molecule has 1 aromatic carbocycles. The summed E-state index contributed by atoms with van der Waals surface area (Å²) in [4.78, 5) is 4.51. The predicted molar refractivity (Wildman–Crippen MR) is 87.6 cm³/mol. The molecule has 1 aromatic heterocycles. The Morgan fingerprint density at radius 1 is 1.24 bits per heavy atom. The molecule has 0 bridgehead atoms. The number of rotatable bonds is 6. The van der Waals surface area contributed by atoms with Crippen molar-refractivity contribution in [3.8, 4) is 0 Å². The minimum Gasteiger partial charge on any atom is -0.353 e. The number of hydrogen-bond acceptors (Lipinski definition) is 2. The Balaban J connectivity index is 1.55. The van der Waals surface area contributed by atoms with Crippen molar-refractivity contribution in [3.63, 3.8) is 0 Å². The fourth-order valence-corrected chi connectivity index (χ4v) is 3.22. The molecule has 1 N–H and O–H groups in total. The Labute approximate surface area is 127 Å². The average Bonchev–Trinajstić information content (AvgIpc) is 3.17. The van der Waals surface area contributed by atoms with Crippen molar-refractivity contribution >= 4 is 5.95 Å². The number of imidazole rings is 1. The van der Waals surface area contributed by atoms with Gasteiger partial charge < -0.3 is 9.88 Å². The van der Waals surface area contributed by atoms with Crippen LogP contribution in [0.4, 0.5) is 5.95 Å². The lowest BCUT2D eigenvalue weighted by Crippen LogP contribution is -2.20. The minimum absolute atomic E-state index is 0.438. The minimum atomic E-state index is 0.438. The summed E-state index contributed by atoms with van der Waals surface area (Å²) in [6.45, 7) is 2.25. The van der Waals surface area contributed by atoms with Crippen molar-refractivity contribution in [2.75, 3.05) is 5.32 Å². The molecule has 1 fully saturated rings. The Kier molecular flexibility index (Phi) is 4.59. The fourth-order valence-electron chi connectivity index (χ4n) is 3.22. The summed E-state index contributed by atoms with van der Waals surface area (Å²) >= 11 is 0. The van der Waals surface area contributed by atoms with Crippen LogP contribution in [0.15, 0.2) is 42.7 Å². The van der Waals surface area contributed by atoms with E-state index in [0.717, 1.165) is 18.8 Å². The maximum atomic E-state index is 4.51. The van der Waals surface area contributed by atoms with Crippen molar-refractivity contribution in [3.05, 3.63) is 48.3 Å².